The molecule has 2 aromatic rings. The second-order valence-corrected chi connectivity index (χ2v) is 6.01. The third-order valence-corrected chi connectivity index (χ3v) is 4.25. The average Bonchev–Trinajstić information content (AvgIpc) is 3.18. The lowest BCUT2D eigenvalue weighted by Crippen LogP contribution is -2.26. The molecular weight excluding hydrogens is 306 g/mol. The van der Waals surface area contributed by atoms with E-state index >= 15 is 0 Å². The Morgan fingerprint density at radius 2 is 2.04 bits per heavy atom. The Hall–Kier alpha value is -2.63. The van der Waals surface area contributed by atoms with E-state index in [4.69, 9.17) is 4.74 Å². The number of amides is 1. The molecular formula is C18H21N3O3. The Kier molecular flexibility index (Phi) is 4.64. The van der Waals surface area contributed by atoms with E-state index < -0.39 is 5.92 Å². The molecule has 0 spiro atoms. The van der Waals surface area contributed by atoms with E-state index in [0.29, 0.717) is 12.2 Å². The molecule has 1 aliphatic heterocycles. The van der Waals surface area contributed by atoms with Crippen molar-refractivity contribution < 1.29 is 14.3 Å². The van der Waals surface area contributed by atoms with Crippen molar-refractivity contribution in [3.05, 3.63) is 47.8 Å². The van der Waals surface area contributed by atoms with Crippen LogP contribution in [-0.2, 0) is 34.4 Å². The number of aromatic nitrogens is 2. The van der Waals surface area contributed by atoms with Gasteiger partial charge in [-0.2, -0.15) is 5.10 Å². The number of hydrogen-bond donors (Lipinski definition) is 0. The second-order valence-electron chi connectivity index (χ2n) is 6.01. The summed E-state index contributed by atoms with van der Waals surface area (Å²) in [4.78, 5) is 26.1. The van der Waals surface area contributed by atoms with E-state index in [-0.39, 0.29) is 24.9 Å². The van der Waals surface area contributed by atoms with E-state index in [0.717, 1.165) is 12.1 Å². The Labute approximate surface area is 141 Å². The molecule has 1 aliphatic rings. The van der Waals surface area contributed by atoms with Gasteiger partial charge in [0.05, 0.1) is 11.6 Å². The highest BCUT2D eigenvalue weighted by atomic mass is 16.5. The van der Waals surface area contributed by atoms with Gasteiger partial charge in [0.2, 0.25) is 5.91 Å². The van der Waals surface area contributed by atoms with Crippen molar-refractivity contribution in [1.82, 2.24) is 9.78 Å². The van der Waals surface area contributed by atoms with E-state index in [1.165, 1.54) is 5.56 Å². The minimum atomic E-state index is -0.424. The number of hydrogen-bond acceptors (Lipinski definition) is 4. The number of carbonyl (C=O) groups excluding carboxylic acids is 2. The van der Waals surface area contributed by atoms with Crippen molar-refractivity contribution in [2.24, 2.45) is 13.0 Å². The van der Waals surface area contributed by atoms with Crippen LogP contribution >= 0.6 is 0 Å². The van der Waals surface area contributed by atoms with E-state index in [1.807, 2.05) is 31.3 Å². The number of benzene rings is 1. The van der Waals surface area contributed by atoms with Gasteiger partial charge in [-0.05, 0) is 30.2 Å². The number of nitrogens with zero attached hydrogens (tertiary/aromatic N) is 3. The molecule has 0 radical (unpaired) electrons. The Morgan fingerprint density at radius 3 is 2.67 bits per heavy atom. The summed E-state index contributed by atoms with van der Waals surface area (Å²) in [6, 6.07) is 9.68. The maximum Gasteiger partial charge on any atom is 0.311 e. The van der Waals surface area contributed by atoms with Gasteiger partial charge in [0.25, 0.3) is 0 Å². The summed E-state index contributed by atoms with van der Waals surface area (Å²) in [6.45, 7) is 2.59. The fraction of sp³-hybridized carbons (Fsp3) is 0.389. The number of rotatable bonds is 5. The van der Waals surface area contributed by atoms with Gasteiger partial charge in [-0.15, -0.1) is 0 Å². The molecule has 0 bridgehead atoms. The molecule has 6 nitrogen and oxygen atoms in total. The molecule has 0 saturated carbocycles. The Morgan fingerprint density at radius 1 is 1.29 bits per heavy atom. The van der Waals surface area contributed by atoms with Gasteiger partial charge in [0.1, 0.15) is 6.61 Å². The van der Waals surface area contributed by atoms with E-state index in [1.54, 1.807) is 21.8 Å². The summed E-state index contributed by atoms with van der Waals surface area (Å²) in [6.07, 6.45) is 2.94. The number of anilines is 1. The van der Waals surface area contributed by atoms with Crippen LogP contribution in [-0.4, -0.2) is 28.2 Å². The zero-order valence-corrected chi connectivity index (χ0v) is 13.9. The first-order valence-corrected chi connectivity index (χ1v) is 8.11. The molecule has 0 unspecified atom stereocenters. The van der Waals surface area contributed by atoms with Crippen LogP contribution in [0, 0.1) is 5.92 Å². The lowest BCUT2D eigenvalue weighted by Gasteiger charge is -2.16. The SMILES string of the molecule is CCc1ccc(N2C[C@@H](C(=O)OCc3ccn(C)n3)CC2=O)cc1. The minimum absolute atomic E-state index is 0.0426. The van der Waals surface area contributed by atoms with Crippen LogP contribution in [0.5, 0.6) is 0 Å². The quantitative estimate of drug-likeness (QED) is 0.789. The Bertz CT molecular complexity index is 736. The summed E-state index contributed by atoms with van der Waals surface area (Å²) in [7, 11) is 1.81. The van der Waals surface area contributed by atoms with Crippen molar-refractivity contribution in [3.8, 4) is 0 Å². The highest BCUT2D eigenvalue weighted by molar-refractivity contribution is 5.99. The molecule has 24 heavy (non-hydrogen) atoms. The fourth-order valence-electron chi connectivity index (χ4n) is 2.83. The minimum Gasteiger partial charge on any atom is -0.459 e. The van der Waals surface area contributed by atoms with Gasteiger partial charge in [-0.3, -0.25) is 14.3 Å². The summed E-state index contributed by atoms with van der Waals surface area (Å²) in [5.41, 5.74) is 2.75. The maximum atomic E-state index is 12.2. The average molecular weight is 327 g/mol. The molecule has 3 rings (SSSR count). The molecule has 0 aliphatic carbocycles. The standard InChI is InChI=1S/C18H21N3O3/c1-3-13-4-6-16(7-5-13)21-11-14(10-17(21)22)18(23)24-12-15-8-9-20(2)19-15/h4-9,14H,3,10-12H2,1-2H3/t14-/m0/s1. The topological polar surface area (TPSA) is 64.4 Å². The first-order chi connectivity index (χ1) is 11.6. The predicted molar refractivity (Wildman–Crippen MR) is 89.3 cm³/mol. The monoisotopic (exact) mass is 327 g/mol. The van der Waals surface area contributed by atoms with Crippen molar-refractivity contribution in [2.45, 2.75) is 26.4 Å². The van der Waals surface area contributed by atoms with E-state index in [9.17, 15) is 9.59 Å². The molecule has 6 heteroatoms. The van der Waals surface area contributed by atoms with Crippen molar-refractivity contribution in [1.29, 1.82) is 0 Å². The highest BCUT2D eigenvalue weighted by Gasteiger charge is 2.36. The molecule has 2 heterocycles. The van der Waals surface area contributed by atoms with Crippen LogP contribution in [0.15, 0.2) is 36.5 Å². The second kappa shape index (κ2) is 6.86. The summed E-state index contributed by atoms with van der Waals surface area (Å²) >= 11 is 0. The summed E-state index contributed by atoms with van der Waals surface area (Å²) in [5, 5.41) is 4.17. The molecule has 1 aromatic carbocycles. The van der Waals surface area contributed by atoms with Gasteiger partial charge < -0.3 is 9.64 Å². The van der Waals surface area contributed by atoms with E-state index in [2.05, 4.69) is 12.0 Å². The van der Waals surface area contributed by atoms with Gasteiger partial charge in [0, 0.05) is 31.9 Å². The molecule has 0 N–H and O–H groups in total. The molecule has 1 fully saturated rings. The van der Waals surface area contributed by atoms with Crippen LogP contribution in [0.25, 0.3) is 0 Å². The smallest absolute Gasteiger partial charge is 0.311 e. The van der Waals surface area contributed by atoms with Gasteiger partial charge in [0.15, 0.2) is 0 Å². The zero-order chi connectivity index (χ0) is 17.1. The number of carbonyl (C=O) groups is 2. The lowest BCUT2D eigenvalue weighted by molar-refractivity contribution is -0.149. The number of aryl methyl sites for hydroxylation is 2. The first kappa shape index (κ1) is 16.2. The highest BCUT2D eigenvalue weighted by Crippen LogP contribution is 2.26. The van der Waals surface area contributed by atoms with Crippen molar-refractivity contribution >= 4 is 17.6 Å². The fourth-order valence-corrected chi connectivity index (χ4v) is 2.83. The predicted octanol–water partition coefficient (Wildman–Crippen LogP) is 2.08. The van der Waals surface area contributed by atoms with Crippen LogP contribution in [0.3, 0.4) is 0 Å². The third-order valence-electron chi connectivity index (χ3n) is 4.25. The normalized spacial score (nSPS) is 17.3. The van der Waals surface area contributed by atoms with Crippen LogP contribution in [0.2, 0.25) is 0 Å². The van der Waals surface area contributed by atoms with Crippen molar-refractivity contribution in [3.63, 3.8) is 0 Å². The largest absolute Gasteiger partial charge is 0.459 e. The van der Waals surface area contributed by atoms with Gasteiger partial charge in [-0.1, -0.05) is 19.1 Å². The maximum absolute atomic E-state index is 12.2. The molecule has 1 aromatic heterocycles. The van der Waals surface area contributed by atoms with Crippen molar-refractivity contribution in [2.75, 3.05) is 11.4 Å². The molecule has 1 amide bonds. The summed E-state index contributed by atoms with van der Waals surface area (Å²) < 4.78 is 6.96. The molecule has 1 atom stereocenters. The summed E-state index contributed by atoms with van der Waals surface area (Å²) in [5.74, 6) is -0.812. The first-order valence-electron chi connectivity index (χ1n) is 8.11. The van der Waals surface area contributed by atoms with Gasteiger partial charge >= 0.3 is 5.97 Å². The molecule has 126 valence electrons. The van der Waals surface area contributed by atoms with Gasteiger partial charge in [-0.25, -0.2) is 0 Å². The van der Waals surface area contributed by atoms with Crippen LogP contribution in [0.1, 0.15) is 24.6 Å². The Balaban J connectivity index is 1.59. The lowest BCUT2D eigenvalue weighted by atomic mass is 10.1. The number of esters is 1. The molecule has 1 saturated heterocycles. The third kappa shape index (κ3) is 3.48. The van der Waals surface area contributed by atoms with Crippen LogP contribution < -0.4 is 4.90 Å². The van der Waals surface area contributed by atoms with Crippen LogP contribution in [0.4, 0.5) is 5.69 Å². The number of ether oxygens (including phenoxy) is 1. The zero-order valence-electron chi connectivity index (χ0n) is 13.9.